The predicted octanol–water partition coefficient (Wildman–Crippen LogP) is 4.08. The van der Waals surface area contributed by atoms with Crippen molar-refractivity contribution in [3.05, 3.63) is 0 Å². The van der Waals surface area contributed by atoms with Gasteiger partial charge in [-0.3, -0.25) is 4.79 Å². The molecule has 2 unspecified atom stereocenters. The quantitative estimate of drug-likeness (QED) is 0.469. The van der Waals surface area contributed by atoms with Crippen LogP contribution in [0.15, 0.2) is 0 Å². The van der Waals surface area contributed by atoms with Crippen molar-refractivity contribution in [1.29, 1.82) is 0 Å². The minimum Gasteiger partial charge on any atom is -0.465 e. The Hall–Kier alpha value is -0.250. The summed E-state index contributed by atoms with van der Waals surface area (Å²) in [7, 11) is 0. The largest absolute Gasteiger partial charge is 0.465 e. The third-order valence-corrected chi connectivity index (χ3v) is 4.06. The van der Waals surface area contributed by atoms with Crippen LogP contribution in [0, 0.1) is 11.8 Å². The number of hydrogen-bond donors (Lipinski definition) is 0. The summed E-state index contributed by atoms with van der Waals surface area (Å²) in [6.45, 7) is 10.1. The molecule has 18 heavy (non-hydrogen) atoms. The van der Waals surface area contributed by atoms with Crippen molar-refractivity contribution in [3.63, 3.8) is 0 Å². The van der Waals surface area contributed by atoms with Gasteiger partial charge >= 0.3 is 5.97 Å². The highest BCUT2D eigenvalue weighted by atomic mass is 32.2. The summed E-state index contributed by atoms with van der Waals surface area (Å²) in [4.78, 5) is 11.9. The molecule has 0 aromatic carbocycles. The molecule has 0 aromatic heterocycles. The number of rotatable bonds is 9. The second kappa shape index (κ2) is 9.65. The van der Waals surface area contributed by atoms with Crippen LogP contribution in [0.3, 0.4) is 0 Å². The fourth-order valence-electron chi connectivity index (χ4n) is 1.44. The summed E-state index contributed by atoms with van der Waals surface area (Å²) in [6, 6.07) is 0. The van der Waals surface area contributed by atoms with E-state index in [2.05, 4.69) is 0 Å². The summed E-state index contributed by atoms with van der Waals surface area (Å²) < 4.78 is 17.9. The van der Waals surface area contributed by atoms with Crippen LogP contribution in [0.25, 0.3) is 0 Å². The molecule has 0 aliphatic carbocycles. The first-order valence-electron chi connectivity index (χ1n) is 6.76. The van der Waals surface area contributed by atoms with E-state index in [0.29, 0.717) is 18.9 Å². The van der Waals surface area contributed by atoms with E-state index >= 15 is 0 Å². The Morgan fingerprint density at radius 3 is 2.28 bits per heavy atom. The summed E-state index contributed by atoms with van der Waals surface area (Å²) >= 11 is 1.59. The van der Waals surface area contributed by atoms with Crippen molar-refractivity contribution < 1.29 is 13.9 Å². The van der Waals surface area contributed by atoms with E-state index in [1.54, 1.807) is 18.7 Å². The number of ether oxygens (including phenoxy) is 1. The van der Waals surface area contributed by atoms with Crippen LogP contribution in [0.4, 0.5) is 4.39 Å². The van der Waals surface area contributed by atoms with Crippen molar-refractivity contribution >= 4 is 17.7 Å². The molecule has 0 N–H and O–H groups in total. The van der Waals surface area contributed by atoms with Crippen LogP contribution in [0.5, 0.6) is 0 Å². The normalized spacial score (nSPS) is 14.9. The van der Waals surface area contributed by atoms with Gasteiger partial charge in [0.25, 0.3) is 0 Å². The molecule has 0 bridgehead atoms. The van der Waals surface area contributed by atoms with Crippen molar-refractivity contribution in [2.75, 3.05) is 12.4 Å². The number of hydrogen-bond acceptors (Lipinski definition) is 3. The third kappa shape index (κ3) is 8.78. The Morgan fingerprint density at radius 2 is 1.83 bits per heavy atom. The molecule has 2 nitrogen and oxygen atoms in total. The zero-order valence-corrected chi connectivity index (χ0v) is 13.1. The molecule has 0 heterocycles. The van der Waals surface area contributed by atoms with Crippen LogP contribution in [0.2, 0.25) is 0 Å². The minimum atomic E-state index is -0.754. The van der Waals surface area contributed by atoms with Crippen LogP contribution >= 0.6 is 11.8 Å². The lowest BCUT2D eigenvalue weighted by Gasteiger charge is -2.19. The molecule has 0 amide bonds. The number of carbonyl (C=O) groups is 1. The zero-order valence-electron chi connectivity index (χ0n) is 12.2. The van der Waals surface area contributed by atoms with E-state index in [-0.39, 0.29) is 17.1 Å². The Morgan fingerprint density at radius 1 is 1.22 bits per heavy atom. The van der Waals surface area contributed by atoms with Crippen molar-refractivity contribution in [1.82, 2.24) is 0 Å². The highest BCUT2D eigenvalue weighted by molar-refractivity contribution is 8.00. The van der Waals surface area contributed by atoms with Crippen LogP contribution < -0.4 is 0 Å². The third-order valence-electron chi connectivity index (χ3n) is 2.44. The summed E-state index contributed by atoms with van der Waals surface area (Å²) in [6.07, 6.45) is 0.623. The second-order valence-corrected chi connectivity index (χ2v) is 6.73. The lowest BCUT2D eigenvalue weighted by Crippen LogP contribution is -2.27. The van der Waals surface area contributed by atoms with Crippen molar-refractivity contribution in [3.8, 4) is 0 Å². The number of alkyl halides is 1. The summed E-state index contributed by atoms with van der Waals surface area (Å²) in [5.41, 5.74) is 0. The fraction of sp³-hybridized carbons (Fsp3) is 0.929. The van der Waals surface area contributed by atoms with Gasteiger partial charge in [0.05, 0.1) is 12.8 Å². The zero-order chi connectivity index (χ0) is 14.1. The van der Waals surface area contributed by atoms with E-state index in [4.69, 9.17) is 4.74 Å². The molecule has 0 saturated heterocycles. The molecule has 0 aliphatic heterocycles. The van der Waals surface area contributed by atoms with Gasteiger partial charge in [-0.15, -0.1) is 11.8 Å². The summed E-state index contributed by atoms with van der Waals surface area (Å²) in [5.74, 6) is 1.29. The predicted molar refractivity (Wildman–Crippen MR) is 76.7 cm³/mol. The average molecular weight is 278 g/mol. The van der Waals surface area contributed by atoms with Gasteiger partial charge in [-0.1, -0.05) is 27.7 Å². The Bertz CT molecular complexity index is 230. The SMILES string of the molecule is CC(C)COC(=O)C(SCCCC(C)F)C(C)C. The molecular formula is C14H27FO2S. The molecule has 0 saturated carbocycles. The Balaban J connectivity index is 4.01. The monoisotopic (exact) mass is 278 g/mol. The summed E-state index contributed by atoms with van der Waals surface area (Å²) in [5, 5.41) is -0.126. The van der Waals surface area contributed by atoms with Gasteiger partial charge in [0.2, 0.25) is 0 Å². The molecular weight excluding hydrogens is 251 g/mol. The van der Waals surface area contributed by atoms with Gasteiger partial charge in [-0.25, -0.2) is 4.39 Å². The Labute approximate surface area is 115 Å². The molecule has 0 aliphatic rings. The maximum atomic E-state index is 12.7. The van der Waals surface area contributed by atoms with Crippen LogP contribution in [0.1, 0.15) is 47.5 Å². The molecule has 108 valence electrons. The molecule has 0 spiro atoms. The first kappa shape index (κ1) is 17.8. The van der Waals surface area contributed by atoms with Crippen LogP contribution in [-0.2, 0) is 9.53 Å². The van der Waals surface area contributed by atoms with Gasteiger partial charge in [-0.05, 0) is 37.4 Å². The van der Waals surface area contributed by atoms with E-state index in [1.165, 1.54) is 0 Å². The second-order valence-electron chi connectivity index (χ2n) is 5.48. The van der Waals surface area contributed by atoms with Crippen LogP contribution in [-0.4, -0.2) is 29.8 Å². The molecule has 0 fully saturated rings. The van der Waals surface area contributed by atoms with Gasteiger partial charge in [0.1, 0.15) is 5.25 Å². The molecule has 0 aromatic rings. The maximum absolute atomic E-state index is 12.7. The maximum Gasteiger partial charge on any atom is 0.319 e. The Kier molecular flexibility index (Phi) is 9.52. The minimum absolute atomic E-state index is 0.126. The smallest absolute Gasteiger partial charge is 0.319 e. The van der Waals surface area contributed by atoms with E-state index in [0.717, 1.165) is 12.2 Å². The highest BCUT2D eigenvalue weighted by Crippen LogP contribution is 2.23. The number of carbonyl (C=O) groups excluding carboxylic acids is 1. The van der Waals surface area contributed by atoms with E-state index in [1.807, 2.05) is 27.7 Å². The molecule has 4 heteroatoms. The van der Waals surface area contributed by atoms with Gasteiger partial charge in [0, 0.05) is 0 Å². The number of halogens is 1. The first-order chi connectivity index (χ1) is 8.34. The number of esters is 1. The van der Waals surface area contributed by atoms with Gasteiger partial charge in [0.15, 0.2) is 0 Å². The van der Waals surface area contributed by atoms with E-state index < -0.39 is 6.17 Å². The highest BCUT2D eigenvalue weighted by Gasteiger charge is 2.24. The lowest BCUT2D eigenvalue weighted by molar-refractivity contribution is -0.144. The van der Waals surface area contributed by atoms with Crippen molar-refractivity contribution in [2.45, 2.75) is 58.9 Å². The van der Waals surface area contributed by atoms with Crippen molar-refractivity contribution in [2.24, 2.45) is 11.8 Å². The average Bonchev–Trinajstić information content (AvgIpc) is 2.24. The topological polar surface area (TPSA) is 26.3 Å². The first-order valence-corrected chi connectivity index (χ1v) is 7.81. The van der Waals surface area contributed by atoms with Gasteiger partial charge in [-0.2, -0.15) is 0 Å². The van der Waals surface area contributed by atoms with Gasteiger partial charge < -0.3 is 4.74 Å². The van der Waals surface area contributed by atoms with E-state index in [9.17, 15) is 9.18 Å². The number of thioether (sulfide) groups is 1. The lowest BCUT2D eigenvalue weighted by atomic mass is 10.1. The molecule has 0 rings (SSSR count). The fourth-order valence-corrected chi connectivity index (χ4v) is 2.61. The molecule has 0 radical (unpaired) electrons. The molecule has 2 atom stereocenters. The standard InChI is InChI=1S/C14H27FO2S/c1-10(2)9-17-14(16)13(11(3)4)18-8-6-7-12(5)15/h10-13H,6-9H2,1-5H3.